The second kappa shape index (κ2) is 5.40. The van der Waals surface area contributed by atoms with E-state index in [2.05, 4.69) is 5.32 Å². The highest BCUT2D eigenvalue weighted by atomic mass is 16.3. The van der Waals surface area contributed by atoms with Gasteiger partial charge in [0.25, 0.3) is 5.91 Å². The summed E-state index contributed by atoms with van der Waals surface area (Å²) < 4.78 is 0. The van der Waals surface area contributed by atoms with Gasteiger partial charge in [-0.25, -0.2) is 0 Å². The molecule has 1 aromatic rings. The van der Waals surface area contributed by atoms with Crippen molar-refractivity contribution in [3.8, 4) is 5.75 Å². The van der Waals surface area contributed by atoms with Gasteiger partial charge in [0.1, 0.15) is 5.75 Å². The van der Waals surface area contributed by atoms with E-state index >= 15 is 0 Å². The number of carbonyl (C=O) groups excluding carboxylic acids is 1. The summed E-state index contributed by atoms with van der Waals surface area (Å²) in [6, 6.07) is 4.62. The van der Waals surface area contributed by atoms with Gasteiger partial charge >= 0.3 is 0 Å². The number of aromatic hydroxyl groups is 1. The molecule has 0 aliphatic heterocycles. The number of amides is 1. The van der Waals surface area contributed by atoms with Crippen LogP contribution in [0.1, 0.15) is 36.7 Å². The Balaban J connectivity index is 2.88. The van der Waals surface area contributed by atoms with Gasteiger partial charge < -0.3 is 16.2 Å². The second-order valence-corrected chi connectivity index (χ2v) is 5.63. The van der Waals surface area contributed by atoms with E-state index in [4.69, 9.17) is 5.73 Å². The number of hydrogen-bond donors (Lipinski definition) is 3. The minimum atomic E-state index is -0.155. The highest BCUT2D eigenvalue weighted by Crippen LogP contribution is 2.20. The van der Waals surface area contributed by atoms with Gasteiger partial charge in [-0.15, -0.1) is 0 Å². The molecular weight excluding hydrogens is 228 g/mol. The molecule has 1 aromatic carbocycles. The average molecular weight is 250 g/mol. The summed E-state index contributed by atoms with van der Waals surface area (Å²) >= 11 is 0. The fourth-order valence-corrected chi connectivity index (χ4v) is 1.77. The summed E-state index contributed by atoms with van der Waals surface area (Å²) in [7, 11) is 0. The minimum absolute atomic E-state index is 0.0850. The molecule has 0 aliphatic rings. The highest BCUT2D eigenvalue weighted by molar-refractivity contribution is 5.96. The summed E-state index contributed by atoms with van der Waals surface area (Å²) in [6.07, 6.45) is 0. The molecule has 0 saturated carbocycles. The van der Waals surface area contributed by atoms with Crippen LogP contribution in [0.5, 0.6) is 5.75 Å². The Kier molecular flexibility index (Phi) is 4.35. The van der Waals surface area contributed by atoms with Gasteiger partial charge in [-0.3, -0.25) is 4.79 Å². The number of benzene rings is 1. The number of nitrogens with two attached hydrogens (primary N) is 1. The fraction of sp³-hybridized carbons (Fsp3) is 0.500. The van der Waals surface area contributed by atoms with Crippen LogP contribution < -0.4 is 11.1 Å². The molecule has 1 atom stereocenters. The van der Waals surface area contributed by atoms with E-state index in [1.807, 2.05) is 20.8 Å². The van der Waals surface area contributed by atoms with Crippen LogP contribution >= 0.6 is 0 Å². The molecule has 0 radical (unpaired) electrons. The van der Waals surface area contributed by atoms with E-state index in [0.717, 1.165) is 5.56 Å². The topological polar surface area (TPSA) is 75.3 Å². The van der Waals surface area contributed by atoms with Crippen molar-refractivity contribution in [2.24, 2.45) is 11.1 Å². The zero-order chi connectivity index (χ0) is 13.9. The third-order valence-corrected chi connectivity index (χ3v) is 3.04. The smallest absolute Gasteiger partial charge is 0.251 e. The molecule has 0 fully saturated rings. The molecule has 100 valence electrons. The van der Waals surface area contributed by atoms with E-state index in [1.165, 1.54) is 6.07 Å². The lowest BCUT2D eigenvalue weighted by Crippen LogP contribution is -2.48. The van der Waals surface area contributed by atoms with Crippen molar-refractivity contribution in [3.05, 3.63) is 29.3 Å². The number of phenols is 1. The summed E-state index contributed by atoms with van der Waals surface area (Å²) in [6.45, 7) is 8.30. The molecule has 4 nitrogen and oxygen atoms in total. The van der Waals surface area contributed by atoms with Crippen molar-refractivity contribution in [1.82, 2.24) is 5.32 Å². The van der Waals surface area contributed by atoms with E-state index in [1.54, 1.807) is 19.1 Å². The molecular formula is C14H22N2O2. The number of hydrogen-bond acceptors (Lipinski definition) is 3. The van der Waals surface area contributed by atoms with Crippen molar-refractivity contribution in [3.63, 3.8) is 0 Å². The molecule has 1 unspecified atom stereocenters. The molecule has 0 aromatic heterocycles. The van der Waals surface area contributed by atoms with E-state index in [-0.39, 0.29) is 23.1 Å². The van der Waals surface area contributed by atoms with Crippen LogP contribution in [-0.2, 0) is 0 Å². The second-order valence-electron chi connectivity index (χ2n) is 5.63. The van der Waals surface area contributed by atoms with E-state index < -0.39 is 0 Å². The van der Waals surface area contributed by atoms with Gasteiger partial charge in [0.2, 0.25) is 0 Å². The van der Waals surface area contributed by atoms with Crippen LogP contribution in [0.25, 0.3) is 0 Å². The third-order valence-electron chi connectivity index (χ3n) is 3.04. The molecule has 18 heavy (non-hydrogen) atoms. The zero-order valence-electron chi connectivity index (χ0n) is 11.4. The van der Waals surface area contributed by atoms with Crippen molar-refractivity contribution in [2.75, 3.05) is 6.54 Å². The predicted molar refractivity (Wildman–Crippen MR) is 72.6 cm³/mol. The summed E-state index contributed by atoms with van der Waals surface area (Å²) in [5.74, 6) is 0.00752. The highest BCUT2D eigenvalue weighted by Gasteiger charge is 2.25. The van der Waals surface area contributed by atoms with Crippen LogP contribution in [-0.4, -0.2) is 23.6 Å². The number of carbonyl (C=O) groups is 1. The summed E-state index contributed by atoms with van der Waals surface area (Å²) in [4.78, 5) is 12.1. The molecule has 1 amide bonds. The quantitative estimate of drug-likeness (QED) is 0.765. The van der Waals surface area contributed by atoms with Crippen LogP contribution in [0.2, 0.25) is 0 Å². The SMILES string of the molecule is Cc1cc(O)ccc1C(=O)NC(CN)C(C)(C)C. The lowest BCUT2D eigenvalue weighted by Gasteiger charge is -2.30. The maximum absolute atomic E-state index is 12.1. The standard InChI is InChI=1S/C14H22N2O2/c1-9-7-10(17)5-6-11(9)13(18)16-12(8-15)14(2,3)4/h5-7,12,17H,8,15H2,1-4H3,(H,16,18). The average Bonchev–Trinajstić information content (AvgIpc) is 2.23. The van der Waals surface area contributed by atoms with Gasteiger partial charge in [0.05, 0.1) is 0 Å². The van der Waals surface area contributed by atoms with E-state index in [0.29, 0.717) is 12.1 Å². The number of aryl methyl sites for hydroxylation is 1. The number of nitrogens with one attached hydrogen (secondary N) is 1. The normalized spacial score (nSPS) is 13.2. The van der Waals surface area contributed by atoms with Gasteiger partial charge in [-0.2, -0.15) is 0 Å². The lowest BCUT2D eigenvalue weighted by molar-refractivity contribution is 0.0905. The first kappa shape index (κ1) is 14.5. The Bertz CT molecular complexity index is 436. The zero-order valence-corrected chi connectivity index (χ0v) is 11.4. The summed E-state index contributed by atoms with van der Waals surface area (Å²) in [5.41, 5.74) is 6.92. The molecule has 0 bridgehead atoms. The lowest BCUT2D eigenvalue weighted by atomic mass is 9.86. The molecule has 4 N–H and O–H groups in total. The number of rotatable bonds is 3. The van der Waals surface area contributed by atoms with Crippen molar-refractivity contribution in [1.29, 1.82) is 0 Å². The van der Waals surface area contributed by atoms with Gasteiger partial charge in [-0.1, -0.05) is 20.8 Å². The van der Waals surface area contributed by atoms with Crippen LogP contribution in [0.4, 0.5) is 0 Å². The largest absolute Gasteiger partial charge is 0.508 e. The predicted octanol–water partition coefficient (Wildman–Crippen LogP) is 1.80. The molecule has 0 saturated heterocycles. The van der Waals surface area contributed by atoms with Crippen LogP contribution in [0, 0.1) is 12.3 Å². The maximum atomic E-state index is 12.1. The molecule has 0 aliphatic carbocycles. The molecule has 0 heterocycles. The third kappa shape index (κ3) is 3.47. The Morgan fingerprint density at radius 1 is 1.44 bits per heavy atom. The van der Waals surface area contributed by atoms with Gasteiger partial charge in [0, 0.05) is 18.2 Å². The Hall–Kier alpha value is -1.55. The van der Waals surface area contributed by atoms with Gasteiger partial charge in [-0.05, 0) is 36.1 Å². The first-order valence-corrected chi connectivity index (χ1v) is 6.06. The van der Waals surface area contributed by atoms with E-state index in [9.17, 15) is 9.90 Å². The van der Waals surface area contributed by atoms with Crippen molar-refractivity contribution in [2.45, 2.75) is 33.7 Å². The number of phenolic OH excluding ortho intramolecular Hbond substituents is 1. The first-order valence-electron chi connectivity index (χ1n) is 6.06. The monoisotopic (exact) mass is 250 g/mol. The fourth-order valence-electron chi connectivity index (χ4n) is 1.77. The molecule has 4 heteroatoms. The van der Waals surface area contributed by atoms with Crippen molar-refractivity contribution >= 4 is 5.91 Å². The minimum Gasteiger partial charge on any atom is -0.508 e. The maximum Gasteiger partial charge on any atom is 0.251 e. The Morgan fingerprint density at radius 3 is 2.50 bits per heavy atom. The van der Waals surface area contributed by atoms with Crippen molar-refractivity contribution < 1.29 is 9.90 Å². The first-order chi connectivity index (χ1) is 8.25. The van der Waals surface area contributed by atoms with Gasteiger partial charge in [0.15, 0.2) is 0 Å². The molecule has 1 rings (SSSR count). The Labute approximate surface area is 108 Å². The Morgan fingerprint density at radius 2 is 2.06 bits per heavy atom. The van der Waals surface area contributed by atoms with Crippen LogP contribution in [0.3, 0.4) is 0 Å². The summed E-state index contributed by atoms with van der Waals surface area (Å²) in [5, 5.41) is 12.3. The van der Waals surface area contributed by atoms with Crippen LogP contribution in [0.15, 0.2) is 18.2 Å². The molecule has 0 spiro atoms.